The van der Waals surface area contributed by atoms with Crippen molar-refractivity contribution >= 4 is 35.4 Å². The third kappa shape index (κ3) is 7.19. The van der Waals surface area contributed by atoms with Gasteiger partial charge in [-0.2, -0.15) is 0 Å². The van der Waals surface area contributed by atoms with Crippen LogP contribution in [0.2, 0.25) is 0 Å². The molecule has 5 rings (SSSR count). The summed E-state index contributed by atoms with van der Waals surface area (Å²) in [7, 11) is 0. The van der Waals surface area contributed by atoms with E-state index >= 15 is 0 Å². The van der Waals surface area contributed by atoms with E-state index in [2.05, 4.69) is 15.0 Å². The van der Waals surface area contributed by atoms with E-state index in [0.717, 1.165) is 23.3 Å². The molecule has 11 heteroatoms. The first-order valence-electron chi connectivity index (χ1n) is 13.3. The monoisotopic (exact) mass is 599 g/mol. The number of carboxylic acids is 1. The highest BCUT2D eigenvalue weighted by Crippen LogP contribution is 2.30. The summed E-state index contributed by atoms with van der Waals surface area (Å²) in [4.78, 5) is 42.8. The Kier molecular flexibility index (Phi) is 8.56. The van der Waals surface area contributed by atoms with Gasteiger partial charge in [-0.3, -0.25) is 19.3 Å². The largest absolute Gasteiger partial charge is 0.573 e. The Morgan fingerprint density at radius 3 is 2.07 bits per heavy atom. The molecule has 0 saturated heterocycles. The minimum atomic E-state index is -4.83. The molecule has 0 bridgehead atoms. The fraction of sp³-hybridized carbons (Fsp3) is 0.0909. The molecule has 0 aliphatic carbocycles. The number of nitrogens with one attached hydrogen (secondary N) is 1. The lowest BCUT2D eigenvalue weighted by atomic mass is 10.0. The lowest BCUT2D eigenvalue weighted by Crippen LogP contribution is -2.32. The predicted octanol–water partition coefficient (Wildman–Crippen LogP) is 6.29. The number of aliphatic carboxylic acids is 1. The number of hydrogen-bond donors (Lipinski definition) is 2. The number of nitrogens with zero attached hydrogens (tertiary/aromatic N) is 2. The molecule has 0 unspecified atom stereocenters. The number of ether oxygens (including phenoxy) is 1. The van der Waals surface area contributed by atoms with E-state index in [9.17, 15) is 27.6 Å². The number of halogens is 3. The van der Waals surface area contributed by atoms with E-state index in [1.54, 1.807) is 12.1 Å². The first-order chi connectivity index (χ1) is 21.1. The van der Waals surface area contributed by atoms with Crippen molar-refractivity contribution in [2.45, 2.75) is 12.8 Å². The van der Waals surface area contributed by atoms with E-state index in [1.807, 2.05) is 54.6 Å². The highest BCUT2D eigenvalue weighted by molar-refractivity contribution is 6.33. The lowest BCUT2D eigenvalue weighted by Gasteiger charge is -2.19. The molecule has 0 spiro atoms. The zero-order valence-electron chi connectivity index (χ0n) is 22.9. The van der Waals surface area contributed by atoms with E-state index in [0.29, 0.717) is 22.6 Å². The minimum absolute atomic E-state index is 0.0340. The average molecular weight is 600 g/mol. The molecule has 8 nitrogen and oxygen atoms in total. The SMILES string of the molecule is O=C(O)CCNC(=O)c1ccc(N2C(=O)C(=Cc3ccc(OC(F)(F)F)cc3)N=C2c2ccc(-c3ccccc3)cc2)cc1. The first-order valence-corrected chi connectivity index (χ1v) is 13.3. The number of rotatable bonds is 9. The maximum absolute atomic E-state index is 13.7. The molecular formula is C33H24F3N3O5. The van der Waals surface area contributed by atoms with Gasteiger partial charge in [-0.1, -0.05) is 66.7 Å². The molecule has 1 heterocycles. The zero-order chi connectivity index (χ0) is 31.3. The summed E-state index contributed by atoms with van der Waals surface area (Å²) in [6, 6.07) is 28.4. The minimum Gasteiger partial charge on any atom is -0.481 e. The fourth-order valence-corrected chi connectivity index (χ4v) is 4.46. The maximum Gasteiger partial charge on any atom is 0.573 e. The van der Waals surface area contributed by atoms with Gasteiger partial charge in [0.1, 0.15) is 17.3 Å². The zero-order valence-corrected chi connectivity index (χ0v) is 22.9. The summed E-state index contributed by atoms with van der Waals surface area (Å²) in [6.07, 6.45) is -3.59. The molecule has 0 aromatic heterocycles. The van der Waals surface area contributed by atoms with Crippen molar-refractivity contribution < 1.29 is 37.4 Å². The van der Waals surface area contributed by atoms with Gasteiger partial charge in [0.15, 0.2) is 0 Å². The van der Waals surface area contributed by atoms with Gasteiger partial charge in [-0.05, 0) is 59.2 Å². The summed E-state index contributed by atoms with van der Waals surface area (Å²) < 4.78 is 41.6. The van der Waals surface area contributed by atoms with Gasteiger partial charge < -0.3 is 15.2 Å². The number of carbonyl (C=O) groups excluding carboxylic acids is 2. The van der Waals surface area contributed by atoms with Gasteiger partial charge in [0.25, 0.3) is 11.8 Å². The summed E-state index contributed by atoms with van der Waals surface area (Å²) in [5.74, 6) is -2.06. The van der Waals surface area contributed by atoms with Crippen molar-refractivity contribution in [3.05, 3.63) is 126 Å². The number of amides is 2. The van der Waals surface area contributed by atoms with Crippen LogP contribution in [0.4, 0.5) is 18.9 Å². The number of benzene rings is 4. The molecule has 4 aromatic rings. The first kappa shape index (κ1) is 29.8. The van der Waals surface area contributed by atoms with E-state index in [4.69, 9.17) is 5.11 Å². The maximum atomic E-state index is 13.7. The third-order valence-electron chi connectivity index (χ3n) is 6.54. The predicted molar refractivity (Wildman–Crippen MR) is 158 cm³/mol. The van der Waals surface area contributed by atoms with Gasteiger partial charge in [0.05, 0.1) is 12.1 Å². The number of aliphatic imine (C=N–C) groups is 1. The number of amidine groups is 1. The molecule has 0 saturated carbocycles. The molecular weight excluding hydrogens is 575 g/mol. The highest BCUT2D eigenvalue weighted by Gasteiger charge is 2.33. The number of carbonyl (C=O) groups is 3. The molecule has 2 N–H and O–H groups in total. The van der Waals surface area contributed by atoms with Crippen LogP contribution in [0.5, 0.6) is 5.75 Å². The summed E-state index contributed by atoms with van der Waals surface area (Å²) >= 11 is 0. The van der Waals surface area contributed by atoms with Crippen LogP contribution in [-0.2, 0) is 9.59 Å². The van der Waals surface area contributed by atoms with Gasteiger partial charge >= 0.3 is 12.3 Å². The highest BCUT2D eigenvalue weighted by atomic mass is 19.4. The van der Waals surface area contributed by atoms with Crippen molar-refractivity contribution in [3.63, 3.8) is 0 Å². The number of anilines is 1. The third-order valence-corrected chi connectivity index (χ3v) is 6.54. The summed E-state index contributed by atoms with van der Waals surface area (Å²) in [5, 5.41) is 11.3. The molecule has 222 valence electrons. The molecule has 1 aliphatic rings. The van der Waals surface area contributed by atoms with Crippen LogP contribution in [-0.4, -0.2) is 41.6 Å². The van der Waals surface area contributed by atoms with Crippen molar-refractivity contribution in [2.24, 2.45) is 4.99 Å². The van der Waals surface area contributed by atoms with Crippen molar-refractivity contribution in [3.8, 4) is 16.9 Å². The second-order valence-electron chi connectivity index (χ2n) is 9.61. The standard InChI is InChI=1S/C33H24F3N3O5/c34-33(35,36)44-27-16-6-21(7-17-27)20-28-32(43)39(26-14-12-25(13-15-26)31(42)37-19-18-29(40)41)30(38-28)24-10-8-23(9-11-24)22-4-2-1-3-5-22/h1-17,20H,18-19H2,(H,37,42)(H,40,41). The van der Waals surface area contributed by atoms with Gasteiger partial charge in [-0.25, -0.2) is 4.99 Å². The fourth-order valence-electron chi connectivity index (χ4n) is 4.46. The average Bonchev–Trinajstić information content (AvgIpc) is 3.33. The van der Waals surface area contributed by atoms with E-state index < -0.39 is 29.9 Å². The Labute approximate surface area is 249 Å². The Morgan fingerprint density at radius 1 is 0.841 bits per heavy atom. The van der Waals surface area contributed by atoms with Crippen LogP contribution in [0.1, 0.15) is 27.9 Å². The van der Waals surface area contributed by atoms with Crippen molar-refractivity contribution in [2.75, 3.05) is 11.4 Å². The smallest absolute Gasteiger partial charge is 0.481 e. The quantitative estimate of drug-likeness (QED) is 0.220. The van der Waals surface area contributed by atoms with Gasteiger partial charge in [0.2, 0.25) is 0 Å². The van der Waals surface area contributed by atoms with Gasteiger partial charge in [0, 0.05) is 17.7 Å². The second-order valence-corrected chi connectivity index (χ2v) is 9.61. The topological polar surface area (TPSA) is 108 Å². The molecule has 4 aromatic carbocycles. The van der Waals surface area contributed by atoms with Crippen molar-refractivity contribution in [1.82, 2.24) is 5.32 Å². The van der Waals surface area contributed by atoms with Crippen LogP contribution >= 0.6 is 0 Å². The number of hydrogen-bond acceptors (Lipinski definition) is 5. The lowest BCUT2D eigenvalue weighted by molar-refractivity contribution is -0.274. The van der Waals surface area contributed by atoms with Crippen molar-refractivity contribution in [1.29, 1.82) is 0 Å². The number of carboxylic acid groups (broad SMARTS) is 1. The second kappa shape index (κ2) is 12.7. The molecule has 0 atom stereocenters. The summed E-state index contributed by atoms with van der Waals surface area (Å²) in [5.41, 5.74) is 3.77. The molecule has 0 fully saturated rings. The van der Waals surface area contributed by atoms with Crippen LogP contribution in [0, 0.1) is 0 Å². The van der Waals surface area contributed by atoms with Crippen LogP contribution in [0.25, 0.3) is 17.2 Å². The van der Waals surface area contributed by atoms with E-state index in [-0.39, 0.29) is 24.2 Å². The Hall–Kier alpha value is -5.71. The number of alkyl halides is 3. The Balaban J connectivity index is 1.46. The van der Waals surface area contributed by atoms with Crippen LogP contribution < -0.4 is 15.0 Å². The summed E-state index contributed by atoms with van der Waals surface area (Å²) in [6.45, 7) is -0.0340. The molecule has 0 radical (unpaired) electrons. The van der Waals surface area contributed by atoms with Crippen LogP contribution in [0.15, 0.2) is 114 Å². The van der Waals surface area contributed by atoms with Gasteiger partial charge in [-0.15, -0.1) is 13.2 Å². The molecule has 1 aliphatic heterocycles. The molecule has 44 heavy (non-hydrogen) atoms. The Bertz CT molecular complexity index is 1730. The molecule has 2 amide bonds. The van der Waals surface area contributed by atoms with Crippen LogP contribution in [0.3, 0.4) is 0 Å². The Morgan fingerprint density at radius 2 is 1.45 bits per heavy atom. The van der Waals surface area contributed by atoms with E-state index in [1.165, 1.54) is 35.2 Å². The normalized spacial score (nSPS) is 14.0.